The van der Waals surface area contributed by atoms with E-state index >= 15 is 0 Å². The molecule has 0 heterocycles. The van der Waals surface area contributed by atoms with Crippen molar-refractivity contribution >= 4 is 45.2 Å². The molecule has 0 fully saturated rings. The van der Waals surface area contributed by atoms with Gasteiger partial charge in [-0.2, -0.15) is 0 Å². The van der Waals surface area contributed by atoms with Gasteiger partial charge in [0.1, 0.15) is 11.5 Å². The molecule has 4 heteroatoms. The summed E-state index contributed by atoms with van der Waals surface area (Å²) in [5.41, 5.74) is 1.31. The van der Waals surface area contributed by atoms with E-state index in [2.05, 4.69) is 64.2 Å². The Labute approximate surface area is 134 Å². The van der Waals surface area contributed by atoms with Crippen molar-refractivity contribution in [3.05, 3.63) is 49.1 Å². The minimum Gasteiger partial charge on any atom is -0.508 e. The lowest BCUT2D eigenvalue weighted by Crippen LogP contribution is -1.93. The Kier molecular flexibility index (Phi) is 4.71. The molecule has 2 aromatic rings. The second-order valence-corrected chi connectivity index (χ2v) is 6.16. The minimum atomic E-state index is 0.244. The molecular formula is C14H12I2O2. The van der Waals surface area contributed by atoms with E-state index in [4.69, 9.17) is 4.74 Å². The Bertz CT molecular complexity index is 527. The molecule has 0 saturated carbocycles. The van der Waals surface area contributed by atoms with Gasteiger partial charge in [-0.3, -0.25) is 0 Å². The smallest absolute Gasteiger partial charge is 0.154 e. The van der Waals surface area contributed by atoms with Crippen LogP contribution in [0.5, 0.6) is 17.2 Å². The highest BCUT2D eigenvalue weighted by Gasteiger charge is 2.09. The number of phenols is 1. The molecule has 0 unspecified atom stereocenters. The van der Waals surface area contributed by atoms with Crippen LogP contribution in [0.3, 0.4) is 0 Å². The lowest BCUT2D eigenvalue weighted by Gasteiger charge is -2.11. The highest BCUT2D eigenvalue weighted by atomic mass is 127. The first-order valence-electron chi connectivity index (χ1n) is 5.55. The number of ether oxygens (including phenoxy) is 1. The Balaban J connectivity index is 2.31. The molecule has 0 spiro atoms. The van der Waals surface area contributed by atoms with Crippen molar-refractivity contribution in [3.63, 3.8) is 0 Å². The van der Waals surface area contributed by atoms with Gasteiger partial charge < -0.3 is 9.84 Å². The van der Waals surface area contributed by atoms with Crippen LogP contribution in [0.25, 0.3) is 0 Å². The summed E-state index contributed by atoms with van der Waals surface area (Å²) in [5.74, 6) is 1.85. The average Bonchev–Trinajstić information content (AvgIpc) is 2.35. The van der Waals surface area contributed by atoms with Crippen LogP contribution in [0.4, 0.5) is 0 Å². The van der Waals surface area contributed by atoms with E-state index in [1.807, 2.05) is 0 Å². The van der Waals surface area contributed by atoms with Crippen molar-refractivity contribution in [2.45, 2.75) is 13.3 Å². The van der Waals surface area contributed by atoms with E-state index in [1.54, 1.807) is 24.3 Å². The van der Waals surface area contributed by atoms with Gasteiger partial charge in [0.05, 0.1) is 7.14 Å². The molecule has 18 heavy (non-hydrogen) atoms. The van der Waals surface area contributed by atoms with Crippen LogP contribution in [0.1, 0.15) is 12.5 Å². The summed E-state index contributed by atoms with van der Waals surface area (Å²) in [6, 6.07) is 11.0. The van der Waals surface area contributed by atoms with E-state index < -0.39 is 0 Å². The summed E-state index contributed by atoms with van der Waals surface area (Å²) in [6.07, 6.45) is 1.02. The van der Waals surface area contributed by atoms with Crippen molar-refractivity contribution < 1.29 is 9.84 Å². The van der Waals surface area contributed by atoms with Gasteiger partial charge in [-0.25, -0.2) is 0 Å². The van der Waals surface area contributed by atoms with Crippen LogP contribution >= 0.6 is 45.2 Å². The SMILES string of the molecule is CCc1cc(I)c(Oc2ccc(O)cc2)c(I)c1. The Morgan fingerprint density at radius 3 is 2.11 bits per heavy atom. The first kappa shape index (κ1) is 13.9. The summed E-state index contributed by atoms with van der Waals surface area (Å²) >= 11 is 4.58. The second kappa shape index (κ2) is 6.10. The van der Waals surface area contributed by atoms with Gasteiger partial charge in [0.25, 0.3) is 0 Å². The molecule has 2 aromatic carbocycles. The maximum absolute atomic E-state index is 9.24. The summed E-state index contributed by atoms with van der Waals surface area (Å²) in [4.78, 5) is 0. The predicted octanol–water partition coefficient (Wildman–Crippen LogP) is 4.96. The monoisotopic (exact) mass is 466 g/mol. The molecule has 0 saturated heterocycles. The van der Waals surface area contributed by atoms with Crippen LogP contribution in [0.2, 0.25) is 0 Å². The van der Waals surface area contributed by atoms with Crippen molar-refractivity contribution in [2.75, 3.05) is 0 Å². The molecule has 0 atom stereocenters. The van der Waals surface area contributed by atoms with E-state index in [0.29, 0.717) is 0 Å². The van der Waals surface area contributed by atoms with Crippen LogP contribution in [0.15, 0.2) is 36.4 Å². The van der Waals surface area contributed by atoms with Crippen molar-refractivity contribution in [1.29, 1.82) is 0 Å². The minimum absolute atomic E-state index is 0.244. The summed E-state index contributed by atoms with van der Waals surface area (Å²) in [6.45, 7) is 2.14. The quantitative estimate of drug-likeness (QED) is 0.649. The molecule has 1 N–H and O–H groups in total. The van der Waals surface area contributed by atoms with E-state index in [-0.39, 0.29) is 5.75 Å². The topological polar surface area (TPSA) is 29.5 Å². The summed E-state index contributed by atoms with van der Waals surface area (Å²) < 4.78 is 8.07. The number of hydrogen-bond acceptors (Lipinski definition) is 2. The fourth-order valence-corrected chi connectivity index (χ4v) is 3.66. The zero-order valence-corrected chi connectivity index (χ0v) is 14.1. The summed E-state index contributed by atoms with van der Waals surface area (Å²) in [7, 11) is 0. The number of aryl methyl sites for hydroxylation is 1. The first-order chi connectivity index (χ1) is 8.60. The van der Waals surface area contributed by atoms with Gasteiger partial charge in [-0.05, 0) is 93.6 Å². The fourth-order valence-electron chi connectivity index (χ4n) is 1.55. The molecule has 0 radical (unpaired) electrons. The first-order valence-corrected chi connectivity index (χ1v) is 7.70. The molecular weight excluding hydrogens is 454 g/mol. The number of rotatable bonds is 3. The van der Waals surface area contributed by atoms with Crippen molar-refractivity contribution in [3.8, 4) is 17.2 Å². The lowest BCUT2D eigenvalue weighted by molar-refractivity contribution is 0.461. The summed E-state index contributed by atoms with van der Waals surface area (Å²) in [5, 5.41) is 9.24. The maximum Gasteiger partial charge on any atom is 0.154 e. The maximum atomic E-state index is 9.24. The number of halogens is 2. The highest BCUT2D eigenvalue weighted by Crippen LogP contribution is 2.33. The molecule has 0 aromatic heterocycles. The van der Waals surface area contributed by atoms with Gasteiger partial charge in [0, 0.05) is 0 Å². The Hall–Kier alpha value is -0.500. The second-order valence-electron chi connectivity index (χ2n) is 3.84. The molecule has 0 amide bonds. The van der Waals surface area contributed by atoms with Gasteiger partial charge in [0.15, 0.2) is 5.75 Å². The number of hydrogen-bond donors (Lipinski definition) is 1. The molecule has 0 bridgehead atoms. The Morgan fingerprint density at radius 1 is 1.06 bits per heavy atom. The third-order valence-corrected chi connectivity index (χ3v) is 4.13. The molecule has 94 valence electrons. The molecule has 2 rings (SSSR count). The van der Waals surface area contributed by atoms with Crippen LogP contribution < -0.4 is 4.74 Å². The third-order valence-electron chi connectivity index (χ3n) is 2.52. The van der Waals surface area contributed by atoms with Gasteiger partial charge in [-0.1, -0.05) is 6.92 Å². The van der Waals surface area contributed by atoms with Crippen LogP contribution in [-0.4, -0.2) is 5.11 Å². The predicted molar refractivity (Wildman–Crippen MR) is 89.4 cm³/mol. The Morgan fingerprint density at radius 2 is 1.61 bits per heavy atom. The normalized spacial score (nSPS) is 10.4. The van der Waals surface area contributed by atoms with Gasteiger partial charge >= 0.3 is 0 Å². The third kappa shape index (κ3) is 3.28. The van der Waals surface area contributed by atoms with E-state index in [1.165, 1.54) is 5.56 Å². The number of phenolic OH excluding ortho intramolecular Hbond substituents is 1. The van der Waals surface area contributed by atoms with Crippen LogP contribution in [-0.2, 0) is 6.42 Å². The van der Waals surface area contributed by atoms with E-state index in [0.717, 1.165) is 25.1 Å². The highest BCUT2D eigenvalue weighted by molar-refractivity contribution is 14.1. The molecule has 0 aliphatic rings. The van der Waals surface area contributed by atoms with Crippen molar-refractivity contribution in [2.24, 2.45) is 0 Å². The number of aromatic hydroxyl groups is 1. The fraction of sp³-hybridized carbons (Fsp3) is 0.143. The zero-order chi connectivity index (χ0) is 13.1. The molecule has 0 aliphatic carbocycles. The zero-order valence-electron chi connectivity index (χ0n) is 9.78. The lowest BCUT2D eigenvalue weighted by atomic mass is 10.2. The number of benzene rings is 2. The van der Waals surface area contributed by atoms with Crippen LogP contribution in [0, 0.1) is 7.14 Å². The standard InChI is InChI=1S/C14H12I2O2/c1-2-9-7-12(15)14(13(16)8-9)18-11-5-3-10(17)4-6-11/h3-8,17H,2H2,1H3. The van der Waals surface area contributed by atoms with Gasteiger partial charge in [0.2, 0.25) is 0 Å². The molecule has 0 aliphatic heterocycles. The largest absolute Gasteiger partial charge is 0.508 e. The van der Waals surface area contributed by atoms with Crippen molar-refractivity contribution in [1.82, 2.24) is 0 Å². The van der Waals surface area contributed by atoms with Gasteiger partial charge in [-0.15, -0.1) is 0 Å². The van der Waals surface area contributed by atoms with E-state index in [9.17, 15) is 5.11 Å². The average molecular weight is 466 g/mol. The molecule has 2 nitrogen and oxygen atoms in total.